The van der Waals surface area contributed by atoms with Crippen LogP contribution in [-0.2, 0) is 14.3 Å². The van der Waals surface area contributed by atoms with E-state index in [1.165, 1.54) is 0 Å². The highest BCUT2D eigenvalue weighted by Gasteiger charge is 2.23. The predicted molar refractivity (Wildman–Crippen MR) is 71.9 cm³/mol. The molecule has 0 spiro atoms. The highest BCUT2D eigenvalue weighted by atomic mass is 16.5. The van der Waals surface area contributed by atoms with Gasteiger partial charge in [-0.05, 0) is 18.6 Å². The van der Waals surface area contributed by atoms with Gasteiger partial charge in [-0.25, -0.2) is 0 Å². The number of nitrogens with one attached hydrogen (secondary N) is 2. The Balaban J connectivity index is 1.82. The standard InChI is InChI=1S/C14H18N2O3/c1-2-19-14(18)9-16-13(17)7-10-8-15-12-6-4-3-5-11(10)12/h3-6,10,15H,2,7-9H2,1H3,(H,16,17). The quantitative estimate of drug-likeness (QED) is 0.784. The van der Waals surface area contributed by atoms with E-state index in [-0.39, 0.29) is 18.4 Å². The molecule has 1 atom stereocenters. The van der Waals surface area contributed by atoms with E-state index in [0.29, 0.717) is 13.0 Å². The van der Waals surface area contributed by atoms with Gasteiger partial charge in [-0.2, -0.15) is 0 Å². The molecule has 1 aromatic rings. The summed E-state index contributed by atoms with van der Waals surface area (Å²) in [4.78, 5) is 22.9. The van der Waals surface area contributed by atoms with Crippen molar-refractivity contribution < 1.29 is 14.3 Å². The molecule has 1 unspecified atom stereocenters. The average Bonchev–Trinajstić information content (AvgIpc) is 2.80. The summed E-state index contributed by atoms with van der Waals surface area (Å²) in [6.45, 7) is 2.76. The van der Waals surface area contributed by atoms with Crippen molar-refractivity contribution in [3.05, 3.63) is 29.8 Å². The number of amides is 1. The average molecular weight is 262 g/mol. The first kappa shape index (κ1) is 13.4. The normalized spacial score (nSPS) is 16.4. The van der Waals surface area contributed by atoms with Crippen LogP contribution in [0.3, 0.4) is 0 Å². The van der Waals surface area contributed by atoms with Gasteiger partial charge in [0.1, 0.15) is 6.54 Å². The third kappa shape index (κ3) is 3.47. The van der Waals surface area contributed by atoms with Crippen LogP contribution in [0.2, 0.25) is 0 Å². The molecule has 0 radical (unpaired) electrons. The van der Waals surface area contributed by atoms with Crippen LogP contribution in [0, 0.1) is 0 Å². The van der Waals surface area contributed by atoms with Gasteiger partial charge in [-0.1, -0.05) is 18.2 Å². The summed E-state index contributed by atoms with van der Waals surface area (Å²) in [7, 11) is 0. The number of benzene rings is 1. The molecular weight excluding hydrogens is 244 g/mol. The topological polar surface area (TPSA) is 67.4 Å². The summed E-state index contributed by atoms with van der Waals surface area (Å²) in [5.41, 5.74) is 2.25. The number of hydrogen-bond donors (Lipinski definition) is 2. The fourth-order valence-electron chi connectivity index (χ4n) is 2.22. The zero-order chi connectivity index (χ0) is 13.7. The summed E-state index contributed by atoms with van der Waals surface area (Å²) in [5, 5.41) is 5.85. The largest absolute Gasteiger partial charge is 0.465 e. The maximum atomic E-state index is 11.8. The molecule has 0 saturated carbocycles. The molecule has 1 heterocycles. The summed E-state index contributed by atoms with van der Waals surface area (Å²) in [6, 6.07) is 7.97. The number of para-hydroxylation sites is 1. The van der Waals surface area contributed by atoms with Gasteiger partial charge in [0, 0.05) is 24.6 Å². The molecule has 19 heavy (non-hydrogen) atoms. The Morgan fingerprint density at radius 2 is 2.21 bits per heavy atom. The monoisotopic (exact) mass is 262 g/mol. The predicted octanol–water partition coefficient (Wildman–Crippen LogP) is 1.27. The number of carbonyl (C=O) groups excluding carboxylic acids is 2. The minimum absolute atomic E-state index is 0.0610. The van der Waals surface area contributed by atoms with Crippen LogP contribution in [-0.4, -0.2) is 31.6 Å². The molecule has 102 valence electrons. The first-order valence-corrected chi connectivity index (χ1v) is 6.45. The molecule has 5 heteroatoms. The molecular formula is C14H18N2O3. The number of hydrogen-bond acceptors (Lipinski definition) is 4. The molecule has 0 aromatic heterocycles. The zero-order valence-corrected chi connectivity index (χ0v) is 10.9. The molecule has 1 aliphatic heterocycles. The maximum absolute atomic E-state index is 11.8. The Kier molecular flexibility index (Phi) is 4.39. The van der Waals surface area contributed by atoms with Crippen LogP contribution in [0.5, 0.6) is 0 Å². The number of esters is 1. The molecule has 0 saturated heterocycles. The van der Waals surface area contributed by atoms with Gasteiger partial charge in [0.2, 0.25) is 5.91 Å². The first-order valence-electron chi connectivity index (χ1n) is 6.45. The summed E-state index contributed by atoms with van der Waals surface area (Å²) in [5.74, 6) is -0.365. The van der Waals surface area contributed by atoms with Crippen molar-refractivity contribution in [3.63, 3.8) is 0 Å². The highest BCUT2D eigenvalue weighted by molar-refractivity contribution is 5.83. The lowest BCUT2D eigenvalue weighted by Gasteiger charge is -2.10. The van der Waals surface area contributed by atoms with Gasteiger partial charge in [0.25, 0.3) is 0 Å². The Bertz CT molecular complexity index is 474. The fourth-order valence-corrected chi connectivity index (χ4v) is 2.22. The van der Waals surface area contributed by atoms with Crippen molar-refractivity contribution >= 4 is 17.6 Å². The lowest BCUT2D eigenvalue weighted by molar-refractivity contribution is -0.143. The molecule has 1 aliphatic rings. The van der Waals surface area contributed by atoms with Gasteiger partial charge in [0.15, 0.2) is 0 Å². The van der Waals surface area contributed by atoms with Crippen LogP contribution >= 0.6 is 0 Å². The van der Waals surface area contributed by atoms with E-state index in [4.69, 9.17) is 4.74 Å². The van der Waals surface area contributed by atoms with Crippen molar-refractivity contribution in [2.24, 2.45) is 0 Å². The SMILES string of the molecule is CCOC(=O)CNC(=O)CC1CNc2ccccc21. The lowest BCUT2D eigenvalue weighted by atomic mass is 9.98. The van der Waals surface area contributed by atoms with E-state index >= 15 is 0 Å². The van der Waals surface area contributed by atoms with E-state index in [1.54, 1.807) is 6.92 Å². The van der Waals surface area contributed by atoms with Gasteiger partial charge in [0.05, 0.1) is 6.61 Å². The van der Waals surface area contributed by atoms with Crippen LogP contribution in [0.15, 0.2) is 24.3 Å². The number of rotatable bonds is 5. The van der Waals surface area contributed by atoms with E-state index in [1.807, 2.05) is 24.3 Å². The molecule has 2 N–H and O–H groups in total. The van der Waals surface area contributed by atoms with Crippen LogP contribution < -0.4 is 10.6 Å². The second kappa shape index (κ2) is 6.22. The second-order valence-corrected chi connectivity index (χ2v) is 4.45. The van der Waals surface area contributed by atoms with E-state index in [9.17, 15) is 9.59 Å². The highest BCUT2D eigenvalue weighted by Crippen LogP contribution is 2.32. The minimum atomic E-state index is -0.402. The number of fused-ring (bicyclic) bond motifs is 1. The van der Waals surface area contributed by atoms with Crippen molar-refractivity contribution in [3.8, 4) is 0 Å². The molecule has 1 amide bonds. The van der Waals surface area contributed by atoms with Crippen molar-refractivity contribution in [1.29, 1.82) is 0 Å². The Hall–Kier alpha value is -2.04. The Morgan fingerprint density at radius 3 is 3.00 bits per heavy atom. The van der Waals surface area contributed by atoms with Gasteiger partial charge < -0.3 is 15.4 Å². The smallest absolute Gasteiger partial charge is 0.325 e. The van der Waals surface area contributed by atoms with Gasteiger partial charge >= 0.3 is 5.97 Å². The summed E-state index contributed by atoms with van der Waals surface area (Å²) < 4.78 is 4.75. The maximum Gasteiger partial charge on any atom is 0.325 e. The van der Waals surface area contributed by atoms with Gasteiger partial charge in [-0.15, -0.1) is 0 Å². The number of anilines is 1. The third-order valence-electron chi connectivity index (χ3n) is 3.11. The lowest BCUT2D eigenvalue weighted by Crippen LogP contribution is -2.31. The Labute approximate surface area is 112 Å². The van der Waals surface area contributed by atoms with Crippen molar-refractivity contribution in [2.45, 2.75) is 19.3 Å². The fraction of sp³-hybridized carbons (Fsp3) is 0.429. The molecule has 5 nitrogen and oxygen atoms in total. The first-order chi connectivity index (χ1) is 9.20. The van der Waals surface area contributed by atoms with Crippen LogP contribution in [0.25, 0.3) is 0 Å². The van der Waals surface area contributed by atoms with Crippen molar-refractivity contribution in [1.82, 2.24) is 5.32 Å². The Morgan fingerprint density at radius 1 is 1.42 bits per heavy atom. The molecule has 0 aliphatic carbocycles. The summed E-state index contributed by atoms with van der Waals surface area (Å²) in [6.07, 6.45) is 0.378. The van der Waals surface area contributed by atoms with Gasteiger partial charge in [-0.3, -0.25) is 9.59 Å². The van der Waals surface area contributed by atoms with E-state index < -0.39 is 5.97 Å². The number of carbonyl (C=O) groups is 2. The second-order valence-electron chi connectivity index (χ2n) is 4.45. The zero-order valence-electron chi connectivity index (χ0n) is 10.9. The third-order valence-corrected chi connectivity index (χ3v) is 3.11. The molecule has 2 rings (SSSR count). The van der Waals surface area contributed by atoms with E-state index in [0.717, 1.165) is 17.8 Å². The van der Waals surface area contributed by atoms with Crippen LogP contribution in [0.4, 0.5) is 5.69 Å². The van der Waals surface area contributed by atoms with E-state index in [2.05, 4.69) is 10.6 Å². The van der Waals surface area contributed by atoms with Crippen molar-refractivity contribution in [2.75, 3.05) is 25.0 Å². The molecule has 1 aromatic carbocycles. The molecule has 0 bridgehead atoms. The summed E-state index contributed by atoms with van der Waals surface area (Å²) >= 11 is 0. The number of ether oxygens (including phenoxy) is 1. The van der Waals surface area contributed by atoms with Crippen LogP contribution in [0.1, 0.15) is 24.8 Å². The molecule has 0 fully saturated rings. The minimum Gasteiger partial charge on any atom is -0.465 e.